The van der Waals surface area contributed by atoms with Crippen LogP contribution in [0.4, 0.5) is 11.5 Å². The fourth-order valence-corrected chi connectivity index (χ4v) is 7.36. The van der Waals surface area contributed by atoms with E-state index in [-0.39, 0.29) is 36.1 Å². The maximum Gasteiger partial charge on any atom is 0.244 e. The molecule has 1 saturated carbocycles. The van der Waals surface area contributed by atoms with Crippen LogP contribution in [0.25, 0.3) is 0 Å². The van der Waals surface area contributed by atoms with Crippen molar-refractivity contribution >= 4 is 35.1 Å². The predicted molar refractivity (Wildman–Crippen MR) is 185 cm³/mol. The van der Waals surface area contributed by atoms with Gasteiger partial charge < -0.3 is 25.8 Å². The van der Waals surface area contributed by atoms with E-state index in [2.05, 4.69) is 20.9 Å². The van der Waals surface area contributed by atoms with Crippen molar-refractivity contribution in [3.05, 3.63) is 89.1 Å². The summed E-state index contributed by atoms with van der Waals surface area (Å²) in [6.45, 7) is 3.59. The molecular weight excluding hydrogens is 604 g/mol. The summed E-state index contributed by atoms with van der Waals surface area (Å²) >= 11 is 0. The van der Waals surface area contributed by atoms with Crippen LogP contribution >= 0.6 is 0 Å². The van der Waals surface area contributed by atoms with E-state index in [1.54, 1.807) is 30.2 Å². The lowest BCUT2D eigenvalue weighted by Crippen LogP contribution is -2.52. The number of rotatable bonds is 12. The van der Waals surface area contributed by atoms with Crippen LogP contribution in [0.1, 0.15) is 61.3 Å². The largest absolute Gasteiger partial charge is 0.343 e. The van der Waals surface area contributed by atoms with Gasteiger partial charge in [0.05, 0.1) is 5.41 Å². The van der Waals surface area contributed by atoms with Gasteiger partial charge in [0, 0.05) is 50.9 Å². The molecule has 10 heteroatoms. The number of benzene rings is 2. The van der Waals surface area contributed by atoms with Crippen LogP contribution in [0.2, 0.25) is 0 Å². The molecule has 2 heterocycles. The van der Waals surface area contributed by atoms with Crippen LogP contribution in [0.15, 0.2) is 66.9 Å². The van der Waals surface area contributed by atoms with E-state index < -0.39 is 5.41 Å². The summed E-state index contributed by atoms with van der Waals surface area (Å²) in [6, 6.07) is 19.2. The zero-order valence-corrected chi connectivity index (χ0v) is 28.0. The number of hydrogen-bond acceptors (Lipinski definition) is 6. The smallest absolute Gasteiger partial charge is 0.244 e. The third-order valence-corrected chi connectivity index (χ3v) is 10.2. The van der Waals surface area contributed by atoms with Gasteiger partial charge in [-0.25, -0.2) is 4.98 Å². The van der Waals surface area contributed by atoms with Gasteiger partial charge in [-0.3, -0.25) is 19.2 Å². The third-order valence-electron chi connectivity index (χ3n) is 10.2. The zero-order chi connectivity index (χ0) is 33.7. The molecule has 2 aromatic carbocycles. The molecule has 1 aromatic heterocycles. The highest BCUT2D eigenvalue weighted by molar-refractivity contribution is 5.96. The van der Waals surface area contributed by atoms with E-state index in [1.807, 2.05) is 60.5 Å². The number of piperidine rings is 1. The second kappa shape index (κ2) is 14.7. The van der Waals surface area contributed by atoms with Gasteiger partial charge in [0.15, 0.2) is 0 Å². The molecule has 1 aliphatic heterocycles. The number of pyridine rings is 1. The van der Waals surface area contributed by atoms with Gasteiger partial charge in [-0.2, -0.15) is 0 Å². The average Bonchev–Trinajstić information content (AvgIpc) is 3.79. The molecule has 6 rings (SSSR count). The van der Waals surface area contributed by atoms with Gasteiger partial charge in [0.2, 0.25) is 23.6 Å². The summed E-state index contributed by atoms with van der Waals surface area (Å²) in [5.41, 5.74) is 4.26. The van der Waals surface area contributed by atoms with Gasteiger partial charge in [-0.15, -0.1) is 0 Å². The van der Waals surface area contributed by atoms with E-state index in [0.29, 0.717) is 69.3 Å². The van der Waals surface area contributed by atoms with Gasteiger partial charge in [-0.1, -0.05) is 49.2 Å². The maximum atomic E-state index is 14.7. The number of hydrogen-bond donors (Lipinski definition) is 3. The van der Waals surface area contributed by atoms with Gasteiger partial charge >= 0.3 is 0 Å². The molecule has 1 saturated heterocycles. The highest BCUT2D eigenvalue weighted by Gasteiger charge is 2.47. The Bertz CT molecular complexity index is 1650. The number of amides is 4. The SMILES string of the molecule is CNCc1ccccc1CN(CC(=O)Nc1ccc2c(c1)C[C@H](C(=O)Nc1ccccn1)C2)C(=O)C1(CC2CC2)CCN(C(C)=O)CC1. The van der Waals surface area contributed by atoms with E-state index in [1.165, 1.54) is 0 Å². The number of nitrogens with zero attached hydrogens (tertiary/aromatic N) is 3. The molecule has 10 nitrogen and oxygen atoms in total. The molecule has 252 valence electrons. The lowest BCUT2D eigenvalue weighted by molar-refractivity contribution is -0.150. The third kappa shape index (κ3) is 7.93. The minimum atomic E-state index is -0.593. The predicted octanol–water partition coefficient (Wildman–Crippen LogP) is 4.55. The van der Waals surface area contributed by atoms with Crippen molar-refractivity contribution in [1.29, 1.82) is 0 Å². The highest BCUT2D eigenvalue weighted by Crippen LogP contribution is 2.47. The van der Waals surface area contributed by atoms with Crippen molar-refractivity contribution in [3.8, 4) is 0 Å². The molecule has 48 heavy (non-hydrogen) atoms. The van der Waals surface area contributed by atoms with E-state index in [4.69, 9.17) is 0 Å². The fraction of sp³-hybridized carbons (Fsp3) is 0.447. The summed E-state index contributed by atoms with van der Waals surface area (Å²) < 4.78 is 0. The van der Waals surface area contributed by atoms with Crippen LogP contribution in [0, 0.1) is 17.3 Å². The lowest BCUT2D eigenvalue weighted by atomic mass is 9.73. The summed E-state index contributed by atoms with van der Waals surface area (Å²) in [5, 5.41) is 9.17. The topological polar surface area (TPSA) is 124 Å². The molecule has 2 fully saturated rings. The molecule has 0 bridgehead atoms. The van der Waals surface area contributed by atoms with Crippen molar-refractivity contribution in [2.75, 3.05) is 37.3 Å². The molecule has 1 atom stereocenters. The number of nitrogens with one attached hydrogen (secondary N) is 3. The number of carbonyl (C=O) groups is 4. The minimum absolute atomic E-state index is 0.00252. The normalized spacial score (nSPS) is 18.1. The van der Waals surface area contributed by atoms with Gasteiger partial charge in [0.25, 0.3) is 0 Å². The molecule has 2 aliphatic carbocycles. The quantitative estimate of drug-likeness (QED) is 0.264. The Labute approximate surface area is 282 Å². The first-order valence-electron chi connectivity index (χ1n) is 17.1. The minimum Gasteiger partial charge on any atom is -0.343 e. The highest BCUT2D eigenvalue weighted by atomic mass is 16.2. The lowest BCUT2D eigenvalue weighted by Gasteiger charge is -2.43. The van der Waals surface area contributed by atoms with Gasteiger partial charge in [0.1, 0.15) is 12.4 Å². The number of carbonyl (C=O) groups excluding carboxylic acids is 4. The molecule has 0 spiro atoms. The van der Waals surface area contributed by atoms with Gasteiger partial charge in [-0.05, 0) is 91.6 Å². The molecule has 3 aromatic rings. The fourth-order valence-electron chi connectivity index (χ4n) is 7.36. The Morgan fingerprint density at radius 1 is 0.917 bits per heavy atom. The Hall–Kier alpha value is -4.57. The standard InChI is InChI=1S/C38H46N6O4/c1-26(45)43-17-14-38(15-18-43,22-27-10-11-27)37(48)44(24-30-8-4-3-7-29(30)23-39-2)25-35(46)41-33-13-12-28-19-32(20-31(28)21-33)36(47)42-34-9-5-6-16-40-34/h3-9,12-13,16,21,27,32,39H,10-11,14-15,17-20,22-25H2,1-2H3,(H,41,46)(H,40,42,47)/t32-/m1/s1. The molecule has 0 radical (unpaired) electrons. The molecule has 3 N–H and O–H groups in total. The maximum absolute atomic E-state index is 14.7. The zero-order valence-electron chi connectivity index (χ0n) is 28.0. The monoisotopic (exact) mass is 650 g/mol. The van der Waals surface area contributed by atoms with Crippen molar-refractivity contribution < 1.29 is 19.2 Å². The van der Waals surface area contributed by atoms with E-state index in [9.17, 15) is 19.2 Å². The van der Waals surface area contributed by atoms with Crippen molar-refractivity contribution in [2.45, 2.75) is 65.0 Å². The van der Waals surface area contributed by atoms with Crippen molar-refractivity contribution in [3.63, 3.8) is 0 Å². The van der Waals surface area contributed by atoms with E-state index in [0.717, 1.165) is 41.5 Å². The Balaban J connectivity index is 1.18. The van der Waals surface area contributed by atoms with Crippen LogP contribution in [0.3, 0.4) is 0 Å². The number of anilines is 2. The first-order chi connectivity index (χ1) is 23.2. The molecule has 0 unspecified atom stereocenters. The van der Waals surface area contributed by atoms with Crippen LogP contribution in [-0.2, 0) is 45.1 Å². The molecule has 4 amide bonds. The Morgan fingerprint density at radius 3 is 2.33 bits per heavy atom. The number of aromatic nitrogens is 1. The summed E-state index contributed by atoms with van der Waals surface area (Å²) in [6.07, 6.45) is 7.12. The second-order valence-corrected chi connectivity index (χ2v) is 13.7. The second-order valence-electron chi connectivity index (χ2n) is 13.7. The first kappa shape index (κ1) is 33.3. The summed E-state index contributed by atoms with van der Waals surface area (Å²) in [5.74, 6) is 0.540. The van der Waals surface area contributed by atoms with E-state index >= 15 is 0 Å². The molecular formula is C38H46N6O4. The number of fused-ring (bicyclic) bond motifs is 1. The van der Waals surface area contributed by atoms with Crippen molar-refractivity contribution in [2.24, 2.45) is 17.3 Å². The van der Waals surface area contributed by atoms with Crippen LogP contribution in [-0.4, -0.2) is 65.1 Å². The average molecular weight is 651 g/mol. The summed E-state index contributed by atoms with van der Waals surface area (Å²) in [7, 11) is 1.90. The number of likely N-dealkylation sites (tertiary alicyclic amines) is 1. The Kier molecular flexibility index (Phi) is 10.2. The first-order valence-corrected chi connectivity index (χ1v) is 17.1. The molecule has 3 aliphatic rings. The van der Waals surface area contributed by atoms with Crippen molar-refractivity contribution in [1.82, 2.24) is 20.1 Å². The van der Waals surface area contributed by atoms with Crippen LogP contribution < -0.4 is 16.0 Å². The summed E-state index contributed by atoms with van der Waals surface area (Å²) in [4.78, 5) is 61.3. The van der Waals surface area contributed by atoms with Crippen LogP contribution in [0.5, 0.6) is 0 Å². The Morgan fingerprint density at radius 2 is 1.65 bits per heavy atom.